The van der Waals surface area contributed by atoms with Crippen molar-refractivity contribution in [2.75, 3.05) is 11.9 Å². The number of aromatic nitrogens is 2. The molecule has 1 atom stereocenters. The summed E-state index contributed by atoms with van der Waals surface area (Å²) in [5.74, 6) is -1.80. The van der Waals surface area contributed by atoms with Gasteiger partial charge in [0, 0.05) is 0 Å². The predicted molar refractivity (Wildman–Crippen MR) is 92.8 cm³/mol. The van der Waals surface area contributed by atoms with Gasteiger partial charge in [0.2, 0.25) is 0 Å². The summed E-state index contributed by atoms with van der Waals surface area (Å²) < 4.78 is 14.7. The first kappa shape index (κ1) is 19.4. The van der Waals surface area contributed by atoms with Crippen LogP contribution in [-0.2, 0) is 11.2 Å². The molecule has 2 aromatic rings. The molecule has 0 aliphatic carbocycles. The molecule has 9 heteroatoms. The molecule has 1 aromatic heterocycles. The third-order valence-electron chi connectivity index (χ3n) is 3.73. The molecular weight excluding hydrogens is 343 g/mol. The van der Waals surface area contributed by atoms with Crippen LogP contribution in [0.2, 0.25) is 0 Å². The molecule has 8 nitrogen and oxygen atoms in total. The summed E-state index contributed by atoms with van der Waals surface area (Å²) in [5, 5.41) is 27.6. The molecule has 1 unspecified atom stereocenters. The molecule has 0 aliphatic rings. The average Bonchev–Trinajstić information content (AvgIpc) is 2.97. The summed E-state index contributed by atoms with van der Waals surface area (Å²) in [4.78, 5) is 22.9. The Bertz CT molecular complexity index is 787. The SMILES string of the molecule is CCCc1c(NC(=O)NCC(C)(O)C(=O)O)cnn1-c1ccc(F)cc1. The van der Waals surface area contributed by atoms with Crippen LogP contribution in [-0.4, -0.2) is 44.1 Å². The average molecular weight is 364 g/mol. The van der Waals surface area contributed by atoms with E-state index in [1.807, 2.05) is 6.92 Å². The second-order valence-electron chi connectivity index (χ2n) is 6.03. The molecule has 1 aromatic carbocycles. The molecule has 0 aliphatic heterocycles. The standard InChI is InChI=1S/C17H21FN4O4/c1-3-4-14-13(21-16(25)19-10-17(2,26)15(23)24)9-20-22(14)12-7-5-11(18)6-8-12/h5-9,26H,3-4,10H2,1-2H3,(H,23,24)(H2,19,21,25). The number of carboxylic acid groups (broad SMARTS) is 1. The third kappa shape index (κ3) is 4.57. The Hall–Kier alpha value is -2.94. The number of nitrogens with one attached hydrogen (secondary N) is 2. The van der Waals surface area contributed by atoms with Crippen LogP contribution in [0.25, 0.3) is 5.69 Å². The van der Waals surface area contributed by atoms with E-state index in [1.54, 1.807) is 16.8 Å². The van der Waals surface area contributed by atoms with E-state index in [9.17, 15) is 19.1 Å². The minimum absolute atomic E-state index is 0.360. The Kier molecular flexibility index (Phi) is 5.93. The number of carbonyl (C=O) groups is 2. The zero-order chi connectivity index (χ0) is 19.3. The fraction of sp³-hybridized carbons (Fsp3) is 0.353. The lowest BCUT2D eigenvalue weighted by Crippen LogP contribution is -2.47. The number of carboxylic acids is 1. The number of aliphatic carboxylic acids is 1. The van der Waals surface area contributed by atoms with E-state index in [2.05, 4.69) is 15.7 Å². The van der Waals surface area contributed by atoms with Crippen LogP contribution in [0.3, 0.4) is 0 Å². The van der Waals surface area contributed by atoms with Gasteiger partial charge in [0.15, 0.2) is 5.60 Å². The lowest BCUT2D eigenvalue weighted by molar-refractivity contribution is -0.155. The number of aliphatic hydroxyl groups is 1. The molecule has 0 bridgehead atoms. The minimum Gasteiger partial charge on any atom is -0.479 e. The van der Waals surface area contributed by atoms with Crippen LogP contribution in [0.15, 0.2) is 30.5 Å². The summed E-state index contributed by atoms with van der Waals surface area (Å²) in [5.41, 5.74) is -0.248. The van der Waals surface area contributed by atoms with Gasteiger partial charge in [0.25, 0.3) is 0 Å². The highest BCUT2D eigenvalue weighted by Gasteiger charge is 2.30. The number of halogens is 1. The number of carbonyl (C=O) groups excluding carboxylic acids is 1. The predicted octanol–water partition coefficient (Wildman–Crippen LogP) is 1.92. The van der Waals surface area contributed by atoms with Gasteiger partial charge in [0.05, 0.1) is 29.8 Å². The van der Waals surface area contributed by atoms with Gasteiger partial charge >= 0.3 is 12.0 Å². The van der Waals surface area contributed by atoms with Crippen LogP contribution in [0.5, 0.6) is 0 Å². The summed E-state index contributed by atoms with van der Waals surface area (Å²) in [6.07, 6.45) is 2.86. The van der Waals surface area contributed by atoms with Gasteiger partial charge < -0.3 is 20.8 Å². The normalized spacial score (nSPS) is 13.1. The monoisotopic (exact) mass is 364 g/mol. The molecule has 2 rings (SSSR count). The summed E-state index contributed by atoms with van der Waals surface area (Å²) in [6, 6.07) is 5.13. The minimum atomic E-state index is -2.07. The van der Waals surface area contributed by atoms with Crippen LogP contribution in [0, 0.1) is 5.82 Å². The Balaban J connectivity index is 2.15. The van der Waals surface area contributed by atoms with E-state index < -0.39 is 24.1 Å². The van der Waals surface area contributed by atoms with Crippen molar-refractivity contribution in [3.05, 3.63) is 42.0 Å². The zero-order valence-corrected chi connectivity index (χ0v) is 14.5. The molecule has 0 saturated carbocycles. The number of rotatable bonds is 7. The zero-order valence-electron chi connectivity index (χ0n) is 14.5. The number of hydrogen-bond donors (Lipinski definition) is 4. The molecule has 0 saturated heterocycles. The molecule has 26 heavy (non-hydrogen) atoms. The highest BCUT2D eigenvalue weighted by atomic mass is 19.1. The Morgan fingerprint density at radius 1 is 1.31 bits per heavy atom. The first-order chi connectivity index (χ1) is 12.2. The van der Waals surface area contributed by atoms with Gasteiger partial charge in [0.1, 0.15) is 5.82 Å². The Morgan fingerprint density at radius 3 is 2.54 bits per heavy atom. The van der Waals surface area contributed by atoms with E-state index in [-0.39, 0.29) is 5.82 Å². The maximum atomic E-state index is 13.1. The lowest BCUT2D eigenvalue weighted by atomic mass is 10.1. The first-order valence-corrected chi connectivity index (χ1v) is 8.08. The van der Waals surface area contributed by atoms with Gasteiger partial charge in [-0.05, 0) is 37.6 Å². The second-order valence-corrected chi connectivity index (χ2v) is 6.03. The number of anilines is 1. The van der Waals surface area contributed by atoms with Crippen LogP contribution in [0.1, 0.15) is 26.0 Å². The number of benzene rings is 1. The number of amides is 2. The fourth-order valence-electron chi connectivity index (χ4n) is 2.25. The molecule has 0 spiro atoms. The molecule has 4 N–H and O–H groups in total. The van der Waals surface area contributed by atoms with Gasteiger partial charge in [-0.2, -0.15) is 5.10 Å². The molecule has 1 heterocycles. The summed E-state index contributed by atoms with van der Waals surface area (Å²) in [6.45, 7) is 2.60. The van der Waals surface area contributed by atoms with Crippen molar-refractivity contribution in [2.24, 2.45) is 0 Å². The smallest absolute Gasteiger partial charge is 0.337 e. The second kappa shape index (κ2) is 7.96. The largest absolute Gasteiger partial charge is 0.479 e. The topological polar surface area (TPSA) is 116 Å². The highest BCUT2D eigenvalue weighted by molar-refractivity contribution is 5.90. The Morgan fingerprint density at radius 2 is 1.96 bits per heavy atom. The molecule has 2 amide bonds. The van der Waals surface area contributed by atoms with Crippen molar-refractivity contribution in [1.82, 2.24) is 15.1 Å². The first-order valence-electron chi connectivity index (χ1n) is 8.08. The molecule has 0 radical (unpaired) electrons. The third-order valence-corrected chi connectivity index (χ3v) is 3.73. The highest BCUT2D eigenvalue weighted by Crippen LogP contribution is 2.21. The van der Waals surface area contributed by atoms with Crippen molar-refractivity contribution in [2.45, 2.75) is 32.3 Å². The number of urea groups is 1. The number of hydrogen-bond acceptors (Lipinski definition) is 4. The van der Waals surface area contributed by atoms with Gasteiger partial charge in [-0.15, -0.1) is 0 Å². The van der Waals surface area contributed by atoms with E-state index in [0.717, 1.165) is 19.0 Å². The maximum Gasteiger partial charge on any atom is 0.337 e. The quantitative estimate of drug-likeness (QED) is 0.599. The van der Waals surface area contributed by atoms with Crippen LogP contribution >= 0.6 is 0 Å². The lowest BCUT2D eigenvalue weighted by Gasteiger charge is -2.18. The van der Waals surface area contributed by atoms with Crippen molar-refractivity contribution in [1.29, 1.82) is 0 Å². The molecule has 0 fully saturated rings. The van der Waals surface area contributed by atoms with Gasteiger partial charge in [-0.25, -0.2) is 18.7 Å². The molecule has 140 valence electrons. The van der Waals surface area contributed by atoms with Crippen molar-refractivity contribution < 1.29 is 24.2 Å². The van der Waals surface area contributed by atoms with Crippen LogP contribution in [0.4, 0.5) is 14.9 Å². The van der Waals surface area contributed by atoms with E-state index in [0.29, 0.717) is 17.8 Å². The van der Waals surface area contributed by atoms with Crippen molar-refractivity contribution >= 4 is 17.7 Å². The van der Waals surface area contributed by atoms with Crippen LogP contribution < -0.4 is 10.6 Å². The van der Waals surface area contributed by atoms with E-state index >= 15 is 0 Å². The number of nitrogens with zero attached hydrogens (tertiary/aromatic N) is 2. The van der Waals surface area contributed by atoms with Crippen molar-refractivity contribution in [3.8, 4) is 5.69 Å². The maximum absolute atomic E-state index is 13.1. The van der Waals surface area contributed by atoms with E-state index in [4.69, 9.17) is 5.11 Å². The fourth-order valence-corrected chi connectivity index (χ4v) is 2.25. The van der Waals surface area contributed by atoms with E-state index in [1.165, 1.54) is 18.3 Å². The summed E-state index contributed by atoms with van der Waals surface area (Å²) in [7, 11) is 0. The van der Waals surface area contributed by atoms with Gasteiger partial charge in [-0.3, -0.25) is 0 Å². The Labute approximate surface area is 149 Å². The van der Waals surface area contributed by atoms with Crippen molar-refractivity contribution in [3.63, 3.8) is 0 Å². The molecular formula is C17H21FN4O4. The summed E-state index contributed by atoms with van der Waals surface area (Å²) >= 11 is 0. The van der Waals surface area contributed by atoms with Gasteiger partial charge in [-0.1, -0.05) is 13.3 Å².